The Bertz CT molecular complexity index is 686. The van der Waals surface area contributed by atoms with Gasteiger partial charge < -0.3 is 5.11 Å². The minimum atomic E-state index is -3.97. The average Bonchev–Trinajstić information content (AvgIpc) is 2.95. The minimum Gasteiger partial charge on any atom is -0.481 e. The first kappa shape index (κ1) is 16.1. The third kappa shape index (κ3) is 3.18. The summed E-state index contributed by atoms with van der Waals surface area (Å²) < 4.78 is 25.6. The van der Waals surface area contributed by atoms with Crippen molar-refractivity contribution in [1.29, 1.82) is 0 Å². The molecule has 1 fully saturated rings. The number of carboxylic acid groups (broad SMARTS) is 1. The second-order valence-corrected chi connectivity index (χ2v) is 8.26. The summed E-state index contributed by atoms with van der Waals surface area (Å²) in [6.45, 7) is 0.198. The Balaban J connectivity index is 2.35. The molecule has 0 bridgehead atoms. The van der Waals surface area contributed by atoms with E-state index in [-0.39, 0.29) is 21.5 Å². The highest BCUT2D eigenvalue weighted by Gasteiger charge is 2.38. The highest BCUT2D eigenvalue weighted by atomic mass is 35.5. The Hall–Kier alpha value is -1.23. The van der Waals surface area contributed by atoms with Crippen molar-refractivity contribution in [2.45, 2.75) is 29.5 Å². The summed E-state index contributed by atoms with van der Waals surface area (Å²) in [5.41, 5.74) is -0.464. The van der Waals surface area contributed by atoms with Crippen LogP contribution in [0.1, 0.15) is 19.3 Å². The Morgan fingerprint density at radius 1 is 1.62 bits per heavy atom. The van der Waals surface area contributed by atoms with E-state index in [0.29, 0.717) is 24.2 Å². The van der Waals surface area contributed by atoms with E-state index in [9.17, 15) is 23.3 Å². The number of hydrogen-bond acceptors (Lipinski definition) is 6. The van der Waals surface area contributed by atoms with Gasteiger partial charge in [0.25, 0.3) is 15.7 Å². The van der Waals surface area contributed by atoms with Gasteiger partial charge in [0.1, 0.15) is 4.21 Å². The molecular formula is C10H11ClN2O6S2. The van der Waals surface area contributed by atoms with Gasteiger partial charge in [-0.15, -0.1) is 11.3 Å². The minimum absolute atomic E-state index is 0.198. The van der Waals surface area contributed by atoms with Crippen molar-refractivity contribution >= 4 is 44.6 Å². The topological polar surface area (TPSA) is 118 Å². The average molecular weight is 355 g/mol. The highest BCUT2D eigenvalue weighted by Crippen LogP contribution is 2.39. The van der Waals surface area contributed by atoms with Crippen molar-refractivity contribution < 1.29 is 23.2 Å². The fourth-order valence-electron chi connectivity index (χ4n) is 2.24. The maximum Gasteiger partial charge on any atom is 0.304 e. The van der Waals surface area contributed by atoms with E-state index in [2.05, 4.69) is 0 Å². The highest BCUT2D eigenvalue weighted by molar-refractivity contribution is 7.91. The molecule has 1 saturated heterocycles. The number of rotatable bonds is 5. The maximum atomic E-state index is 12.5. The summed E-state index contributed by atoms with van der Waals surface area (Å²) in [5.74, 6) is -1.09. The van der Waals surface area contributed by atoms with Crippen molar-refractivity contribution in [2.24, 2.45) is 0 Å². The predicted octanol–water partition coefficient (Wildman–Crippen LogP) is 1.94. The standard InChI is InChI=1S/C10H11ClN2O6S2/c11-10-7(13(16)17)5-9(20-10)21(18,19)12-3-1-2-6(12)4-8(14)15/h5-6H,1-4H2,(H,14,15). The lowest BCUT2D eigenvalue weighted by Crippen LogP contribution is -2.36. The summed E-state index contributed by atoms with van der Waals surface area (Å²) in [5, 5.41) is 19.6. The SMILES string of the molecule is O=C(O)CC1CCCN1S(=O)(=O)c1cc([N+](=O)[O-])c(Cl)s1. The quantitative estimate of drug-likeness (QED) is 0.637. The van der Waals surface area contributed by atoms with Gasteiger partial charge >= 0.3 is 5.97 Å². The Morgan fingerprint density at radius 2 is 2.29 bits per heavy atom. The number of thiophene rings is 1. The Morgan fingerprint density at radius 3 is 2.81 bits per heavy atom. The van der Waals surface area contributed by atoms with Gasteiger partial charge in [-0.2, -0.15) is 4.31 Å². The third-order valence-electron chi connectivity index (χ3n) is 3.14. The molecule has 0 saturated carbocycles. The molecule has 2 heterocycles. The second-order valence-electron chi connectivity index (χ2n) is 4.49. The van der Waals surface area contributed by atoms with Crippen molar-refractivity contribution in [3.8, 4) is 0 Å². The Labute approximate surface area is 129 Å². The first-order chi connectivity index (χ1) is 9.73. The number of sulfonamides is 1. The number of carboxylic acids is 1. The summed E-state index contributed by atoms with van der Waals surface area (Å²) in [7, 11) is -3.97. The van der Waals surface area contributed by atoms with Crippen LogP contribution in [0.3, 0.4) is 0 Å². The number of halogens is 1. The van der Waals surface area contributed by atoms with E-state index in [4.69, 9.17) is 16.7 Å². The lowest BCUT2D eigenvalue weighted by molar-refractivity contribution is -0.384. The molecular weight excluding hydrogens is 344 g/mol. The molecule has 1 aliphatic heterocycles. The van der Waals surface area contributed by atoms with Gasteiger partial charge in [-0.3, -0.25) is 14.9 Å². The van der Waals surface area contributed by atoms with Gasteiger partial charge in [-0.1, -0.05) is 11.6 Å². The molecule has 21 heavy (non-hydrogen) atoms. The monoisotopic (exact) mass is 354 g/mol. The molecule has 11 heteroatoms. The van der Waals surface area contributed by atoms with Crippen LogP contribution in [0, 0.1) is 10.1 Å². The maximum absolute atomic E-state index is 12.5. The fourth-order valence-corrected chi connectivity index (χ4v) is 5.72. The smallest absolute Gasteiger partial charge is 0.304 e. The zero-order chi connectivity index (χ0) is 15.8. The molecule has 1 aliphatic rings. The normalized spacial score (nSPS) is 19.8. The zero-order valence-corrected chi connectivity index (χ0v) is 12.9. The van der Waals surface area contributed by atoms with Gasteiger partial charge in [-0.05, 0) is 12.8 Å². The molecule has 1 N–H and O–H groups in total. The fraction of sp³-hybridized carbons (Fsp3) is 0.500. The molecule has 0 aromatic carbocycles. The molecule has 0 radical (unpaired) electrons. The van der Waals surface area contributed by atoms with Gasteiger partial charge in [-0.25, -0.2) is 8.42 Å². The van der Waals surface area contributed by atoms with Crippen molar-refractivity contribution in [3.63, 3.8) is 0 Å². The molecule has 1 atom stereocenters. The van der Waals surface area contributed by atoms with Crippen molar-refractivity contribution in [2.75, 3.05) is 6.54 Å². The van der Waals surface area contributed by atoms with E-state index >= 15 is 0 Å². The number of nitrogens with zero attached hydrogens (tertiary/aromatic N) is 2. The van der Waals surface area contributed by atoms with Crippen LogP contribution in [0.2, 0.25) is 4.34 Å². The van der Waals surface area contributed by atoms with Crippen LogP contribution in [0.4, 0.5) is 5.69 Å². The number of carbonyl (C=O) groups is 1. The lowest BCUT2D eigenvalue weighted by atomic mass is 10.2. The molecule has 0 spiro atoms. The molecule has 1 unspecified atom stereocenters. The Kier molecular flexibility index (Phi) is 4.51. The molecule has 0 amide bonds. The van der Waals surface area contributed by atoms with Crippen molar-refractivity contribution in [3.05, 3.63) is 20.5 Å². The first-order valence-corrected chi connectivity index (χ1v) is 8.54. The number of hydrogen-bond donors (Lipinski definition) is 1. The van der Waals surface area contributed by atoms with E-state index in [1.165, 1.54) is 0 Å². The van der Waals surface area contributed by atoms with E-state index in [1.54, 1.807) is 0 Å². The number of aliphatic carboxylic acids is 1. The van der Waals surface area contributed by atoms with Gasteiger partial charge in [0, 0.05) is 18.7 Å². The van der Waals surface area contributed by atoms with E-state index < -0.39 is 32.6 Å². The van der Waals surface area contributed by atoms with Gasteiger partial charge in [0.05, 0.1) is 11.3 Å². The number of nitro groups is 1. The van der Waals surface area contributed by atoms with Crippen LogP contribution >= 0.6 is 22.9 Å². The first-order valence-electron chi connectivity index (χ1n) is 5.91. The summed E-state index contributed by atoms with van der Waals surface area (Å²) in [6, 6.07) is 0.283. The molecule has 116 valence electrons. The zero-order valence-electron chi connectivity index (χ0n) is 10.6. The van der Waals surface area contributed by atoms with Gasteiger partial charge in [0.2, 0.25) is 0 Å². The lowest BCUT2D eigenvalue weighted by Gasteiger charge is -2.21. The second kappa shape index (κ2) is 5.87. The van der Waals surface area contributed by atoms with Crippen molar-refractivity contribution in [1.82, 2.24) is 4.31 Å². The third-order valence-corrected chi connectivity index (χ3v) is 6.88. The predicted molar refractivity (Wildman–Crippen MR) is 75.2 cm³/mol. The molecule has 1 aromatic rings. The van der Waals surface area contributed by atoms with Crippen LogP contribution < -0.4 is 0 Å². The molecule has 0 aliphatic carbocycles. The van der Waals surface area contributed by atoms with Crippen LogP contribution in [0.25, 0.3) is 0 Å². The van der Waals surface area contributed by atoms with Crippen LogP contribution in [-0.4, -0.2) is 41.3 Å². The van der Waals surface area contributed by atoms with E-state index in [1.807, 2.05) is 0 Å². The molecule has 1 aromatic heterocycles. The summed E-state index contributed by atoms with van der Waals surface area (Å²) >= 11 is 6.28. The largest absolute Gasteiger partial charge is 0.481 e. The van der Waals surface area contributed by atoms with Crippen LogP contribution in [0.5, 0.6) is 0 Å². The summed E-state index contributed by atoms with van der Waals surface area (Å²) in [6.07, 6.45) is 0.714. The van der Waals surface area contributed by atoms with Crippen LogP contribution in [-0.2, 0) is 14.8 Å². The summed E-state index contributed by atoms with van der Waals surface area (Å²) in [4.78, 5) is 20.8. The molecule has 8 nitrogen and oxygen atoms in total. The van der Waals surface area contributed by atoms with Gasteiger partial charge in [0.15, 0.2) is 4.34 Å². The van der Waals surface area contributed by atoms with Crippen LogP contribution in [0.15, 0.2) is 10.3 Å². The molecule has 2 rings (SSSR count). The van der Waals surface area contributed by atoms with E-state index in [0.717, 1.165) is 10.4 Å².